The van der Waals surface area contributed by atoms with Crippen molar-refractivity contribution in [2.45, 2.75) is 226 Å². The van der Waals surface area contributed by atoms with Crippen molar-refractivity contribution in [3.8, 4) is 0 Å². The van der Waals surface area contributed by atoms with Crippen LogP contribution >= 0.6 is 21.6 Å². The third-order valence-electron chi connectivity index (χ3n) is 10.6. The van der Waals surface area contributed by atoms with Crippen LogP contribution in [0.4, 0.5) is 4.79 Å². The summed E-state index contributed by atoms with van der Waals surface area (Å²) in [6.07, 6.45) is 49.9. The van der Waals surface area contributed by atoms with Crippen molar-refractivity contribution in [2.75, 3.05) is 51.4 Å². The van der Waals surface area contributed by atoms with Gasteiger partial charge in [0.25, 0.3) is 0 Å². The highest BCUT2D eigenvalue weighted by molar-refractivity contribution is 8.76. The van der Waals surface area contributed by atoms with Gasteiger partial charge in [-0.1, -0.05) is 188 Å². The second kappa shape index (κ2) is 49.2. The van der Waals surface area contributed by atoms with Gasteiger partial charge >= 0.3 is 12.1 Å². The van der Waals surface area contributed by atoms with Gasteiger partial charge in [0.1, 0.15) is 6.61 Å². The zero-order valence-corrected chi connectivity index (χ0v) is 39.6. The van der Waals surface area contributed by atoms with E-state index in [1.807, 2.05) is 22.7 Å². The molecule has 0 heterocycles. The van der Waals surface area contributed by atoms with E-state index in [0.717, 1.165) is 63.1 Å². The van der Waals surface area contributed by atoms with E-state index in [0.29, 0.717) is 26.2 Å². The van der Waals surface area contributed by atoms with Gasteiger partial charge in [-0.2, -0.15) is 0 Å². The first-order chi connectivity index (χ1) is 28.2. The number of nitrogens with one attached hydrogen (secondary N) is 1. The van der Waals surface area contributed by atoms with Gasteiger partial charge in [0, 0.05) is 37.6 Å². The zero-order valence-electron chi connectivity index (χ0n) is 38.0. The Bertz CT molecular complexity index is 887. The van der Waals surface area contributed by atoms with Crippen LogP contribution in [0.1, 0.15) is 226 Å². The first-order valence-electron chi connectivity index (χ1n) is 24.4. The first-order valence-corrected chi connectivity index (χ1v) is 26.9. The van der Waals surface area contributed by atoms with Crippen LogP contribution in [0.25, 0.3) is 0 Å². The molecule has 0 aliphatic carbocycles. The number of ether oxygens (including phenoxy) is 2. The fourth-order valence-corrected chi connectivity index (χ4v) is 8.73. The molecule has 1 N–H and O–H groups in total. The molecular weight excluding hydrogens is 745 g/mol. The van der Waals surface area contributed by atoms with Crippen molar-refractivity contribution < 1.29 is 19.1 Å². The molecule has 0 aromatic carbocycles. The largest absolute Gasteiger partial charge is 0.466 e. The average Bonchev–Trinajstić information content (AvgIpc) is 3.21. The predicted molar refractivity (Wildman–Crippen MR) is 255 cm³/mol. The molecule has 0 radical (unpaired) electrons. The molecule has 8 heteroatoms. The van der Waals surface area contributed by atoms with Gasteiger partial charge in [0.2, 0.25) is 0 Å². The van der Waals surface area contributed by atoms with Crippen LogP contribution in [0.2, 0.25) is 0 Å². The van der Waals surface area contributed by atoms with Crippen LogP contribution in [0.15, 0.2) is 24.3 Å². The third kappa shape index (κ3) is 45.8. The van der Waals surface area contributed by atoms with Crippen molar-refractivity contribution in [1.82, 2.24) is 10.2 Å². The summed E-state index contributed by atoms with van der Waals surface area (Å²) in [4.78, 5) is 27.1. The Hall–Kier alpha value is -1.12. The zero-order chi connectivity index (χ0) is 41.4. The van der Waals surface area contributed by atoms with Gasteiger partial charge in [0.05, 0.1) is 6.61 Å². The lowest BCUT2D eigenvalue weighted by Crippen LogP contribution is -2.34. The fourth-order valence-electron chi connectivity index (χ4n) is 6.89. The molecule has 57 heavy (non-hydrogen) atoms. The van der Waals surface area contributed by atoms with Gasteiger partial charge in [0.15, 0.2) is 0 Å². The molecule has 0 unspecified atom stereocenters. The van der Waals surface area contributed by atoms with Crippen LogP contribution in [0.5, 0.6) is 0 Å². The van der Waals surface area contributed by atoms with Crippen LogP contribution in [-0.2, 0) is 14.3 Å². The van der Waals surface area contributed by atoms with Crippen molar-refractivity contribution in [3.05, 3.63) is 24.3 Å². The summed E-state index contributed by atoms with van der Waals surface area (Å²) < 4.78 is 11.2. The maximum atomic E-state index is 13.0. The van der Waals surface area contributed by atoms with Crippen molar-refractivity contribution >= 4 is 33.7 Å². The van der Waals surface area contributed by atoms with E-state index in [1.165, 1.54) is 167 Å². The SMILES string of the molecule is CCCCCCCC/C=C\CCCCCCCCCCCN(CCCCOC(=O)CCCCCCC/C=C\CCCCCCCC)C(=O)OCCSSCCNC. The van der Waals surface area contributed by atoms with E-state index in [4.69, 9.17) is 9.47 Å². The number of carbonyl (C=O) groups excluding carboxylic acids is 2. The van der Waals surface area contributed by atoms with Crippen molar-refractivity contribution in [3.63, 3.8) is 0 Å². The Morgan fingerprint density at radius 1 is 0.474 bits per heavy atom. The quantitative estimate of drug-likeness (QED) is 0.0283. The van der Waals surface area contributed by atoms with Gasteiger partial charge in [-0.25, -0.2) is 4.79 Å². The number of carbonyl (C=O) groups is 2. The minimum atomic E-state index is -0.200. The lowest BCUT2D eigenvalue weighted by atomic mass is 10.1. The molecule has 336 valence electrons. The number of amides is 1. The summed E-state index contributed by atoms with van der Waals surface area (Å²) in [5.41, 5.74) is 0. The number of nitrogens with zero attached hydrogens (tertiary/aromatic N) is 1. The smallest absolute Gasteiger partial charge is 0.409 e. The standard InChI is InChI=1S/C49H94N2O4S2/c1-4-6-8-10-12-14-16-18-20-21-22-23-25-27-29-31-33-35-37-42-51(49(53)55-45-47-57-56-46-41-50-3)43-38-39-44-54-48(52)40-36-34-32-30-28-26-24-19-17-15-13-11-9-7-5-2/h18-20,24,50H,4-17,21-23,25-47H2,1-3H3/b20-18-,24-19-. The summed E-state index contributed by atoms with van der Waals surface area (Å²) in [6, 6.07) is 0. The molecule has 0 spiro atoms. The number of allylic oxidation sites excluding steroid dienone is 4. The molecule has 0 fully saturated rings. The summed E-state index contributed by atoms with van der Waals surface area (Å²) in [5, 5.41) is 3.16. The fraction of sp³-hybridized carbons (Fsp3) is 0.878. The topological polar surface area (TPSA) is 67.9 Å². The molecule has 0 saturated heterocycles. The van der Waals surface area contributed by atoms with Crippen LogP contribution in [-0.4, -0.2) is 68.4 Å². The average molecular weight is 839 g/mol. The summed E-state index contributed by atoms with van der Waals surface area (Å²) in [7, 11) is 5.53. The molecule has 0 atom stereocenters. The van der Waals surface area contributed by atoms with Gasteiger partial charge in [-0.3, -0.25) is 4.79 Å². The highest BCUT2D eigenvalue weighted by Gasteiger charge is 2.15. The molecular formula is C49H94N2O4S2. The molecule has 0 bridgehead atoms. The van der Waals surface area contributed by atoms with Crippen LogP contribution in [0, 0.1) is 0 Å². The number of hydrogen-bond acceptors (Lipinski definition) is 7. The molecule has 0 rings (SSSR count). The van der Waals surface area contributed by atoms with Gasteiger partial charge in [-0.05, 0) is 84.1 Å². The minimum Gasteiger partial charge on any atom is -0.466 e. The van der Waals surface area contributed by atoms with E-state index in [-0.39, 0.29) is 12.1 Å². The van der Waals surface area contributed by atoms with Crippen LogP contribution < -0.4 is 5.32 Å². The maximum Gasteiger partial charge on any atom is 0.409 e. The van der Waals surface area contributed by atoms with Crippen molar-refractivity contribution in [2.24, 2.45) is 0 Å². The number of rotatable bonds is 46. The molecule has 0 saturated carbocycles. The van der Waals surface area contributed by atoms with E-state index in [9.17, 15) is 9.59 Å². The Morgan fingerprint density at radius 2 is 0.877 bits per heavy atom. The Labute approximate surface area is 362 Å². The number of unbranched alkanes of at least 4 members (excludes halogenated alkanes) is 27. The first kappa shape index (κ1) is 55.9. The lowest BCUT2D eigenvalue weighted by molar-refractivity contribution is -0.143. The second-order valence-electron chi connectivity index (χ2n) is 16.1. The molecule has 0 aromatic heterocycles. The Kier molecular flexibility index (Phi) is 48.3. The summed E-state index contributed by atoms with van der Waals surface area (Å²) >= 11 is 0. The monoisotopic (exact) mass is 839 g/mol. The van der Waals surface area contributed by atoms with Gasteiger partial charge in [-0.15, -0.1) is 0 Å². The van der Waals surface area contributed by atoms with Gasteiger partial charge < -0.3 is 19.7 Å². The predicted octanol–water partition coefficient (Wildman–Crippen LogP) is 15.6. The third-order valence-corrected chi connectivity index (χ3v) is 13.0. The minimum absolute atomic E-state index is 0.0831. The number of hydrogen-bond donors (Lipinski definition) is 1. The molecule has 0 aromatic rings. The highest BCUT2D eigenvalue weighted by Crippen LogP contribution is 2.20. The Balaban J connectivity index is 4.04. The lowest BCUT2D eigenvalue weighted by Gasteiger charge is -2.22. The normalized spacial score (nSPS) is 11.6. The maximum absolute atomic E-state index is 13.0. The van der Waals surface area contributed by atoms with E-state index in [1.54, 1.807) is 10.8 Å². The van der Waals surface area contributed by atoms with Crippen molar-refractivity contribution in [1.29, 1.82) is 0 Å². The molecule has 6 nitrogen and oxygen atoms in total. The molecule has 1 amide bonds. The second-order valence-corrected chi connectivity index (χ2v) is 18.8. The highest BCUT2D eigenvalue weighted by atomic mass is 33.1. The van der Waals surface area contributed by atoms with E-state index in [2.05, 4.69) is 43.5 Å². The summed E-state index contributed by atoms with van der Waals surface area (Å²) in [6.45, 7) is 7.81. The van der Waals surface area contributed by atoms with Crippen LogP contribution in [0.3, 0.4) is 0 Å². The number of esters is 1. The summed E-state index contributed by atoms with van der Waals surface area (Å²) in [5.74, 6) is 1.76. The molecule has 0 aliphatic rings. The van der Waals surface area contributed by atoms with E-state index < -0.39 is 0 Å². The van der Waals surface area contributed by atoms with E-state index >= 15 is 0 Å². The Morgan fingerprint density at radius 3 is 1.35 bits per heavy atom. The molecule has 0 aliphatic heterocycles.